The van der Waals surface area contributed by atoms with Crippen LogP contribution in [-0.2, 0) is 21.0 Å². The number of carbonyl (C=O) groups is 1. The Morgan fingerprint density at radius 3 is 2.39 bits per heavy atom. The van der Waals surface area contributed by atoms with Crippen molar-refractivity contribution in [1.82, 2.24) is 5.32 Å². The van der Waals surface area contributed by atoms with Gasteiger partial charge in [0, 0.05) is 19.5 Å². The minimum atomic E-state index is -4.64. The molecule has 2 aromatic rings. The van der Waals surface area contributed by atoms with Crippen LogP contribution in [0.4, 0.5) is 18.9 Å². The number of carbonyl (C=O) groups excluding carboxylic acids is 1. The van der Waals surface area contributed by atoms with Gasteiger partial charge in [-0.15, -0.1) is 0 Å². The normalized spacial score (nSPS) is 13.0. The van der Waals surface area contributed by atoms with Gasteiger partial charge in [-0.25, -0.2) is 8.42 Å². The smallest absolute Gasteiger partial charge is 0.356 e. The van der Waals surface area contributed by atoms with E-state index in [0.29, 0.717) is 12.6 Å². The van der Waals surface area contributed by atoms with Gasteiger partial charge in [-0.2, -0.15) is 13.2 Å². The largest absolute Gasteiger partial charge is 0.416 e. The quantitative estimate of drug-likeness (QED) is 0.564. The monoisotopic (exact) mass is 476 g/mol. The van der Waals surface area contributed by atoms with Crippen LogP contribution in [-0.4, -0.2) is 33.7 Å². The zero-order valence-electron chi connectivity index (χ0n) is 17.1. The Morgan fingerprint density at radius 1 is 1.16 bits per heavy atom. The van der Waals surface area contributed by atoms with Crippen LogP contribution in [0.5, 0.6) is 0 Å². The first kappa shape index (κ1) is 25.0. The molecule has 0 unspecified atom stereocenters. The molecular weight excluding hydrogens is 453 g/mol. The highest BCUT2D eigenvalue weighted by atomic mass is 35.5. The Kier molecular flexibility index (Phi) is 8.36. The molecule has 1 amide bonds. The van der Waals surface area contributed by atoms with Crippen molar-refractivity contribution in [3.63, 3.8) is 0 Å². The van der Waals surface area contributed by atoms with E-state index >= 15 is 0 Å². The number of hydrogen-bond donors (Lipinski definition) is 1. The highest BCUT2D eigenvalue weighted by Gasteiger charge is 2.32. The zero-order chi connectivity index (χ0) is 23.2. The zero-order valence-corrected chi connectivity index (χ0v) is 18.7. The molecule has 5 nitrogen and oxygen atoms in total. The van der Waals surface area contributed by atoms with Crippen LogP contribution in [0.2, 0.25) is 5.02 Å². The maximum absolute atomic E-state index is 13.0. The number of benzene rings is 2. The summed E-state index contributed by atoms with van der Waals surface area (Å²) in [4.78, 5) is 12.1. The number of nitrogens with zero attached hydrogens (tertiary/aromatic N) is 1. The van der Waals surface area contributed by atoms with E-state index in [0.717, 1.165) is 28.3 Å². The van der Waals surface area contributed by atoms with E-state index in [-0.39, 0.29) is 41.9 Å². The fourth-order valence-corrected chi connectivity index (χ4v) is 4.22. The summed E-state index contributed by atoms with van der Waals surface area (Å²) >= 11 is 5.98. The molecular formula is C21H24ClF3N2O3S. The molecule has 0 saturated carbocycles. The van der Waals surface area contributed by atoms with E-state index in [9.17, 15) is 26.4 Å². The number of sulfonamides is 1. The predicted molar refractivity (Wildman–Crippen MR) is 116 cm³/mol. The molecule has 0 aliphatic rings. The number of hydrogen-bond acceptors (Lipinski definition) is 3. The average molecular weight is 477 g/mol. The van der Waals surface area contributed by atoms with Crippen LogP contribution in [0.3, 0.4) is 0 Å². The van der Waals surface area contributed by atoms with Crippen LogP contribution in [0.25, 0.3) is 0 Å². The molecule has 0 fully saturated rings. The van der Waals surface area contributed by atoms with Gasteiger partial charge in [0.25, 0.3) is 0 Å². The van der Waals surface area contributed by atoms with E-state index in [4.69, 9.17) is 11.6 Å². The number of rotatable bonds is 9. The average Bonchev–Trinajstić information content (AvgIpc) is 2.69. The third kappa shape index (κ3) is 7.43. The van der Waals surface area contributed by atoms with E-state index in [1.165, 1.54) is 0 Å². The number of anilines is 1. The lowest BCUT2D eigenvalue weighted by Crippen LogP contribution is -2.33. The molecule has 0 aliphatic carbocycles. The first-order valence-electron chi connectivity index (χ1n) is 9.55. The third-order valence-corrected chi connectivity index (χ3v) is 6.18. The van der Waals surface area contributed by atoms with Gasteiger partial charge in [0.2, 0.25) is 15.9 Å². The highest BCUT2D eigenvalue weighted by Crippen LogP contribution is 2.36. The van der Waals surface area contributed by atoms with Crippen molar-refractivity contribution in [3.8, 4) is 0 Å². The number of amides is 1. The second-order valence-electron chi connectivity index (χ2n) is 7.22. The van der Waals surface area contributed by atoms with Crippen molar-refractivity contribution in [2.45, 2.75) is 31.9 Å². The second kappa shape index (κ2) is 10.4. The van der Waals surface area contributed by atoms with Gasteiger partial charge in [-0.1, -0.05) is 48.9 Å². The molecule has 1 N–H and O–H groups in total. The van der Waals surface area contributed by atoms with E-state index < -0.39 is 21.8 Å². The molecule has 0 spiro atoms. The van der Waals surface area contributed by atoms with Crippen molar-refractivity contribution in [1.29, 1.82) is 0 Å². The summed E-state index contributed by atoms with van der Waals surface area (Å²) < 4.78 is 64.2. The Labute approximate surface area is 185 Å². The molecule has 1 atom stereocenters. The minimum absolute atomic E-state index is 0.0180. The fourth-order valence-electron chi connectivity index (χ4n) is 2.98. The predicted octanol–water partition coefficient (Wildman–Crippen LogP) is 4.82. The summed E-state index contributed by atoms with van der Waals surface area (Å²) in [6.07, 6.45) is -3.63. The van der Waals surface area contributed by atoms with Crippen molar-refractivity contribution < 1.29 is 26.4 Å². The summed E-state index contributed by atoms with van der Waals surface area (Å²) in [5, 5.41) is 2.67. The molecule has 2 aromatic carbocycles. The van der Waals surface area contributed by atoms with Crippen molar-refractivity contribution in [3.05, 3.63) is 64.7 Å². The maximum Gasteiger partial charge on any atom is 0.416 e. The van der Waals surface area contributed by atoms with Gasteiger partial charge in [-0.3, -0.25) is 9.10 Å². The van der Waals surface area contributed by atoms with Gasteiger partial charge >= 0.3 is 6.18 Å². The number of alkyl halides is 3. The van der Waals surface area contributed by atoms with E-state index in [1.807, 2.05) is 37.3 Å². The van der Waals surface area contributed by atoms with Gasteiger partial charge in [0.15, 0.2) is 0 Å². The van der Waals surface area contributed by atoms with Gasteiger partial charge in [0.05, 0.1) is 22.5 Å². The third-order valence-electron chi connectivity index (χ3n) is 4.68. The van der Waals surface area contributed by atoms with Crippen LogP contribution in [0, 0.1) is 0 Å². The fraction of sp³-hybridized carbons (Fsp3) is 0.381. The van der Waals surface area contributed by atoms with Gasteiger partial charge in [0.1, 0.15) is 0 Å². The standard InChI is InChI=1S/C21H24ClF3N2O3S/c1-15(16-7-4-3-5-8-16)14-26-20(28)9-6-12-27(31(2,29)30)19-13-17(21(23,24)25)10-11-18(19)22/h3-5,7-8,10-11,13,15H,6,9,12,14H2,1-2H3,(H,26,28)/t15-/m0/s1. The summed E-state index contributed by atoms with van der Waals surface area (Å²) in [5.41, 5.74) is -0.199. The van der Waals surface area contributed by atoms with E-state index in [1.54, 1.807) is 0 Å². The molecule has 170 valence electrons. The SMILES string of the molecule is C[C@@H](CNC(=O)CCCN(c1cc(C(F)(F)F)ccc1Cl)S(C)(=O)=O)c1ccccc1. The van der Waals surface area contributed by atoms with Crippen molar-refractivity contribution >= 4 is 33.2 Å². The summed E-state index contributed by atoms with van der Waals surface area (Å²) in [5.74, 6) is -0.173. The first-order chi connectivity index (χ1) is 14.4. The van der Waals surface area contributed by atoms with E-state index in [2.05, 4.69) is 5.32 Å². The lowest BCUT2D eigenvalue weighted by Gasteiger charge is -2.24. The summed E-state index contributed by atoms with van der Waals surface area (Å²) in [7, 11) is -3.91. The summed E-state index contributed by atoms with van der Waals surface area (Å²) in [6.45, 7) is 2.20. The Balaban J connectivity index is 2.00. The molecule has 2 rings (SSSR count). The topological polar surface area (TPSA) is 66.5 Å². The van der Waals surface area contributed by atoms with Crippen LogP contribution >= 0.6 is 11.6 Å². The second-order valence-corrected chi connectivity index (χ2v) is 9.53. The Morgan fingerprint density at radius 2 is 1.81 bits per heavy atom. The maximum atomic E-state index is 13.0. The molecule has 0 saturated heterocycles. The Bertz CT molecular complexity index is 999. The van der Waals surface area contributed by atoms with Crippen molar-refractivity contribution in [2.75, 3.05) is 23.7 Å². The summed E-state index contributed by atoms with van der Waals surface area (Å²) in [6, 6.07) is 12.1. The first-order valence-corrected chi connectivity index (χ1v) is 11.8. The Hall–Kier alpha value is -2.26. The van der Waals surface area contributed by atoms with Gasteiger partial charge < -0.3 is 5.32 Å². The van der Waals surface area contributed by atoms with Crippen LogP contribution in [0.1, 0.15) is 36.8 Å². The molecule has 0 aliphatic heterocycles. The van der Waals surface area contributed by atoms with Crippen LogP contribution in [0.15, 0.2) is 48.5 Å². The van der Waals surface area contributed by atoms with Crippen molar-refractivity contribution in [2.24, 2.45) is 0 Å². The number of nitrogens with one attached hydrogen (secondary N) is 1. The highest BCUT2D eigenvalue weighted by molar-refractivity contribution is 7.92. The van der Waals surface area contributed by atoms with Gasteiger partial charge in [-0.05, 0) is 36.1 Å². The molecule has 0 radical (unpaired) electrons. The molecule has 31 heavy (non-hydrogen) atoms. The van der Waals surface area contributed by atoms with Crippen LogP contribution < -0.4 is 9.62 Å². The lowest BCUT2D eigenvalue weighted by atomic mass is 10.0. The molecule has 0 bridgehead atoms. The lowest BCUT2D eigenvalue weighted by molar-refractivity contribution is -0.137. The molecule has 0 aromatic heterocycles. The molecule has 0 heterocycles. The molecule has 10 heteroatoms. The minimum Gasteiger partial charge on any atom is -0.356 e. The number of halogens is 4.